The third-order valence-electron chi connectivity index (χ3n) is 3.39. The Morgan fingerprint density at radius 2 is 1.69 bits per heavy atom. The molecule has 1 aliphatic carbocycles. The van der Waals surface area contributed by atoms with Gasteiger partial charge in [0, 0.05) is 7.11 Å². The fraction of sp³-hybridized carbons (Fsp3) is 1.00. The molecule has 1 aliphatic rings. The Balaban J connectivity index is 2.41. The molecule has 0 heterocycles. The molecule has 0 amide bonds. The lowest BCUT2D eigenvalue weighted by molar-refractivity contribution is 0.0667. The predicted molar refractivity (Wildman–Crippen MR) is 62.0 cm³/mol. The number of halogens is 1. The molecule has 5 heteroatoms. The third-order valence-corrected chi connectivity index (χ3v) is 4.38. The molecule has 1 rings (SSSR count). The largest absolute Gasteiger partial charge is 0.513 e. The van der Waals surface area contributed by atoms with Gasteiger partial charge in [-0.25, -0.2) is 4.57 Å². The number of hydrogen-bond donors (Lipinski definition) is 0. The minimum atomic E-state index is -4.30. The van der Waals surface area contributed by atoms with E-state index >= 15 is 0 Å². The van der Waals surface area contributed by atoms with Crippen molar-refractivity contribution in [2.45, 2.75) is 52.6 Å². The minimum absolute atomic E-state index is 0.255. The van der Waals surface area contributed by atoms with Crippen LogP contribution in [0, 0.1) is 11.3 Å². The molecule has 0 saturated heterocycles. The molecule has 1 unspecified atom stereocenters. The molecule has 0 bridgehead atoms. The molecule has 0 aromatic rings. The summed E-state index contributed by atoms with van der Waals surface area (Å²) in [5.74, 6) is 0.633. The van der Waals surface area contributed by atoms with Crippen molar-refractivity contribution in [2.24, 2.45) is 11.3 Å². The first-order valence-electron chi connectivity index (χ1n) is 5.78. The molecule has 3 nitrogen and oxygen atoms in total. The van der Waals surface area contributed by atoms with Crippen LogP contribution in [0.5, 0.6) is 0 Å². The summed E-state index contributed by atoms with van der Waals surface area (Å²) in [6.07, 6.45) is 3.27. The van der Waals surface area contributed by atoms with Crippen molar-refractivity contribution >= 4 is 7.91 Å². The van der Waals surface area contributed by atoms with E-state index in [1.54, 1.807) is 0 Å². The maximum Gasteiger partial charge on any atom is 0.513 e. The molecule has 1 fully saturated rings. The normalized spacial score (nSPS) is 31.1. The topological polar surface area (TPSA) is 35.5 Å². The Hall–Kier alpha value is 0.0800. The predicted octanol–water partition coefficient (Wildman–Crippen LogP) is 4.33. The summed E-state index contributed by atoms with van der Waals surface area (Å²) in [7, 11) is -3.23. The van der Waals surface area contributed by atoms with Gasteiger partial charge in [0.05, 0.1) is 6.10 Å². The van der Waals surface area contributed by atoms with Crippen molar-refractivity contribution in [3.05, 3.63) is 0 Å². The van der Waals surface area contributed by atoms with Crippen LogP contribution >= 0.6 is 7.91 Å². The highest BCUT2D eigenvalue weighted by molar-refractivity contribution is 7.48. The molecule has 0 aliphatic heterocycles. The van der Waals surface area contributed by atoms with Crippen LogP contribution in [0.4, 0.5) is 4.20 Å². The average Bonchev–Trinajstić information content (AvgIpc) is 2.16. The molecular formula is C11H22FO3P. The molecule has 1 saturated carbocycles. The molecule has 16 heavy (non-hydrogen) atoms. The SMILES string of the molecule is COP(=O)(F)OC1CCC(C(C)(C)C)CC1. The van der Waals surface area contributed by atoms with E-state index in [4.69, 9.17) is 4.52 Å². The third kappa shape index (κ3) is 4.15. The Morgan fingerprint density at radius 1 is 1.19 bits per heavy atom. The first-order chi connectivity index (χ1) is 7.24. The van der Waals surface area contributed by atoms with E-state index in [9.17, 15) is 8.76 Å². The summed E-state index contributed by atoms with van der Waals surface area (Å²) in [6, 6.07) is 0. The van der Waals surface area contributed by atoms with Crippen LogP contribution in [-0.2, 0) is 13.6 Å². The van der Waals surface area contributed by atoms with E-state index in [2.05, 4.69) is 25.3 Å². The van der Waals surface area contributed by atoms with E-state index in [1.165, 1.54) is 0 Å². The van der Waals surface area contributed by atoms with Gasteiger partial charge in [-0.05, 0) is 37.0 Å². The van der Waals surface area contributed by atoms with Gasteiger partial charge in [0.2, 0.25) is 0 Å². The molecule has 1 atom stereocenters. The van der Waals surface area contributed by atoms with Crippen LogP contribution < -0.4 is 0 Å². The maximum absolute atomic E-state index is 13.0. The van der Waals surface area contributed by atoms with E-state index in [-0.39, 0.29) is 11.5 Å². The molecule has 0 N–H and O–H groups in total. The fourth-order valence-electron chi connectivity index (χ4n) is 2.26. The first-order valence-corrected chi connectivity index (χ1v) is 7.22. The summed E-state index contributed by atoms with van der Waals surface area (Å²) in [6.45, 7) is 6.65. The summed E-state index contributed by atoms with van der Waals surface area (Å²) in [5.41, 5.74) is 0.283. The smallest absolute Gasteiger partial charge is 0.287 e. The summed E-state index contributed by atoms with van der Waals surface area (Å²) in [5, 5.41) is 0. The zero-order valence-corrected chi connectivity index (χ0v) is 11.4. The van der Waals surface area contributed by atoms with Gasteiger partial charge < -0.3 is 0 Å². The second-order valence-corrected chi connectivity index (χ2v) is 7.00. The quantitative estimate of drug-likeness (QED) is 0.701. The lowest BCUT2D eigenvalue weighted by atomic mass is 9.72. The second kappa shape index (κ2) is 5.16. The highest BCUT2D eigenvalue weighted by Gasteiger charge is 2.34. The van der Waals surface area contributed by atoms with Gasteiger partial charge in [0.15, 0.2) is 0 Å². The van der Waals surface area contributed by atoms with Crippen molar-refractivity contribution in [1.82, 2.24) is 0 Å². The van der Waals surface area contributed by atoms with Gasteiger partial charge in [0.25, 0.3) is 0 Å². The Morgan fingerprint density at radius 3 is 2.06 bits per heavy atom. The van der Waals surface area contributed by atoms with Gasteiger partial charge in [-0.15, -0.1) is 4.20 Å². The average molecular weight is 252 g/mol. The van der Waals surface area contributed by atoms with Crippen molar-refractivity contribution < 1.29 is 17.8 Å². The molecule has 0 aromatic carbocycles. The lowest BCUT2D eigenvalue weighted by Gasteiger charge is -2.36. The van der Waals surface area contributed by atoms with Crippen LogP contribution in [0.3, 0.4) is 0 Å². The number of rotatable bonds is 3. The summed E-state index contributed by atoms with van der Waals surface area (Å²) in [4.78, 5) is 0. The molecule has 0 radical (unpaired) electrons. The van der Waals surface area contributed by atoms with Crippen LogP contribution in [0.1, 0.15) is 46.5 Å². The Labute approximate surface area is 97.4 Å². The van der Waals surface area contributed by atoms with E-state index in [0.29, 0.717) is 5.92 Å². The van der Waals surface area contributed by atoms with Gasteiger partial charge in [-0.1, -0.05) is 20.8 Å². The van der Waals surface area contributed by atoms with E-state index in [0.717, 1.165) is 32.8 Å². The summed E-state index contributed by atoms with van der Waals surface area (Å²) < 4.78 is 33.1. The van der Waals surface area contributed by atoms with Crippen LogP contribution in [0.2, 0.25) is 0 Å². The standard InChI is InChI=1S/C11H22FO3P/c1-11(2,3)9-5-7-10(8-6-9)15-16(12,13)14-4/h9-10H,5-8H2,1-4H3. The van der Waals surface area contributed by atoms with Crippen LogP contribution in [0.25, 0.3) is 0 Å². The molecule has 0 spiro atoms. The molecular weight excluding hydrogens is 230 g/mol. The van der Waals surface area contributed by atoms with E-state index in [1.807, 2.05) is 0 Å². The molecule has 96 valence electrons. The second-order valence-electron chi connectivity index (χ2n) is 5.56. The zero-order valence-electron chi connectivity index (χ0n) is 10.5. The Bertz CT molecular complexity index is 267. The van der Waals surface area contributed by atoms with Gasteiger partial charge in [-0.2, -0.15) is 0 Å². The molecule has 0 aromatic heterocycles. The lowest BCUT2D eigenvalue weighted by Crippen LogP contribution is -2.28. The Kier molecular flexibility index (Phi) is 4.56. The highest BCUT2D eigenvalue weighted by atomic mass is 31.2. The van der Waals surface area contributed by atoms with Crippen molar-refractivity contribution in [3.8, 4) is 0 Å². The van der Waals surface area contributed by atoms with Crippen molar-refractivity contribution in [3.63, 3.8) is 0 Å². The summed E-state index contributed by atoms with van der Waals surface area (Å²) >= 11 is 0. The minimum Gasteiger partial charge on any atom is -0.287 e. The van der Waals surface area contributed by atoms with Gasteiger partial charge in [0.1, 0.15) is 0 Å². The van der Waals surface area contributed by atoms with Gasteiger partial charge in [-0.3, -0.25) is 9.05 Å². The first kappa shape index (κ1) is 14.1. The van der Waals surface area contributed by atoms with Gasteiger partial charge >= 0.3 is 7.91 Å². The highest BCUT2D eigenvalue weighted by Crippen LogP contribution is 2.52. The maximum atomic E-state index is 13.0. The monoisotopic (exact) mass is 252 g/mol. The number of hydrogen-bond acceptors (Lipinski definition) is 3. The van der Waals surface area contributed by atoms with Crippen molar-refractivity contribution in [1.29, 1.82) is 0 Å². The van der Waals surface area contributed by atoms with E-state index < -0.39 is 7.91 Å². The van der Waals surface area contributed by atoms with Crippen LogP contribution in [-0.4, -0.2) is 13.2 Å². The fourth-order valence-corrected chi connectivity index (χ4v) is 2.91. The zero-order chi connectivity index (χ0) is 12.4. The van der Waals surface area contributed by atoms with Crippen LogP contribution in [0.15, 0.2) is 0 Å². The van der Waals surface area contributed by atoms with Crippen molar-refractivity contribution in [2.75, 3.05) is 7.11 Å².